The van der Waals surface area contributed by atoms with Gasteiger partial charge in [-0.1, -0.05) is 12.1 Å². The summed E-state index contributed by atoms with van der Waals surface area (Å²) in [5.74, 6) is 0.261. The van der Waals surface area contributed by atoms with Crippen molar-refractivity contribution in [1.29, 1.82) is 0 Å². The summed E-state index contributed by atoms with van der Waals surface area (Å²) >= 11 is 0. The molecule has 100 valence electrons. The molecule has 1 heterocycles. The normalized spacial score (nSPS) is 20.2. The average molecular weight is 252 g/mol. The van der Waals surface area contributed by atoms with Crippen molar-refractivity contribution in [3.8, 4) is 0 Å². The Hall–Kier alpha value is -1.13. The highest BCUT2D eigenvalue weighted by atomic mass is 19.1. The van der Waals surface area contributed by atoms with Gasteiger partial charge in [-0.15, -0.1) is 0 Å². The van der Waals surface area contributed by atoms with E-state index in [0.717, 1.165) is 37.9 Å². The molecule has 1 atom stereocenters. The predicted octanol–water partition coefficient (Wildman–Crippen LogP) is 1.88. The van der Waals surface area contributed by atoms with E-state index in [1.807, 2.05) is 6.07 Å². The lowest BCUT2D eigenvalue weighted by molar-refractivity contribution is 0.244. The van der Waals surface area contributed by atoms with Crippen molar-refractivity contribution in [3.05, 3.63) is 29.6 Å². The molecule has 1 aliphatic heterocycles. The van der Waals surface area contributed by atoms with E-state index in [0.29, 0.717) is 18.2 Å². The standard InChI is InChI=1S/C14H21FN2O/c15-13-5-1-4-12(9-16)14(13)17-7-2-3-11(10-17)6-8-18/h1,4-5,11,18H,2-3,6-10,16H2. The molecule has 3 N–H and O–H groups in total. The van der Waals surface area contributed by atoms with Gasteiger partial charge in [-0.25, -0.2) is 4.39 Å². The van der Waals surface area contributed by atoms with Crippen molar-refractivity contribution in [2.75, 3.05) is 24.6 Å². The zero-order chi connectivity index (χ0) is 13.0. The maximum atomic E-state index is 14.0. The van der Waals surface area contributed by atoms with Crippen LogP contribution in [0.25, 0.3) is 0 Å². The minimum atomic E-state index is -0.192. The molecule has 1 saturated heterocycles. The van der Waals surface area contributed by atoms with Gasteiger partial charge in [0.1, 0.15) is 5.82 Å². The van der Waals surface area contributed by atoms with Gasteiger partial charge in [0, 0.05) is 26.2 Å². The molecule has 1 fully saturated rings. The van der Waals surface area contributed by atoms with Gasteiger partial charge in [-0.05, 0) is 36.8 Å². The van der Waals surface area contributed by atoms with E-state index < -0.39 is 0 Å². The monoisotopic (exact) mass is 252 g/mol. The lowest BCUT2D eigenvalue weighted by atomic mass is 9.94. The summed E-state index contributed by atoms with van der Waals surface area (Å²) in [5, 5.41) is 9.02. The molecule has 0 aromatic heterocycles. The van der Waals surface area contributed by atoms with Crippen LogP contribution in [0.2, 0.25) is 0 Å². The van der Waals surface area contributed by atoms with Gasteiger partial charge in [0.05, 0.1) is 5.69 Å². The molecule has 3 nitrogen and oxygen atoms in total. The Labute approximate surface area is 107 Å². The smallest absolute Gasteiger partial charge is 0.146 e. The third kappa shape index (κ3) is 2.82. The van der Waals surface area contributed by atoms with E-state index >= 15 is 0 Å². The Balaban J connectivity index is 2.20. The van der Waals surface area contributed by atoms with E-state index in [9.17, 15) is 4.39 Å². The Morgan fingerprint density at radius 1 is 1.44 bits per heavy atom. The first-order valence-corrected chi connectivity index (χ1v) is 6.59. The van der Waals surface area contributed by atoms with Crippen LogP contribution in [-0.2, 0) is 6.54 Å². The molecule has 2 rings (SSSR count). The van der Waals surface area contributed by atoms with Crippen molar-refractivity contribution in [2.45, 2.75) is 25.8 Å². The number of piperidine rings is 1. The minimum Gasteiger partial charge on any atom is -0.396 e. The van der Waals surface area contributed by atoms with Crippen molar-refractivity contribution in [2.24, 2.45) is 11.7 Å². The molecule has 1 aromatic carbocycles. The fourth-order valence-corrected chi connectivity index (χ4v) is 2.77. The summed E-state index contributed by atoms with van der Waals surface area (Å²) in [6, 6.07) is 5.08. The molecular weight excluding hydrogens is 231 g/mol. The molecule has 0 amide bonds. The number of aliphatic hydroxyl groups is 1. The molecule has 18 heavy (non-hydrogen) atoms. The van der Waals surface area contributed by atoms with Gasteiger partial charge in [0.25, 0.3) is 0 Å². The molecule has 0 bridgehead atoms. The number of para-hydroxylation sites is 1. The number of aliphatic hydroxyl groups excluding tert-OH is 1. The van der Waals surface area contributed by atoms with Crippen LogP contribution in [-0.4, -0.2) is 24.8 Å². The van der Waals surface area contributed by atoms with E-state index in [1.165, 1.54) is 6.07 Å². The highest BCUT2D eigenvalue weighted by Crippen LogP contribution is 2.29. The number of rotatable bonds is 4. The molecule has 0 radical (unpaired) electrons. The maximum Gasteiger partial charge on any atom is 0.146 e. The SMILES string of the molecule is NCc1cccc(F)c1N1CCCC(CCO)C1. The number of nitrogens with zero attached hydrogens (tertiary/aromatic N) is 1. The molecule has 0 saturated carbocycles. The summed E-state index contributed by atoms with van der Waals surface area (Å²) < 4.78 is 14.0. The summed E-state index contributed by atoms with van der Waals surface area (Å²) in [6.07, 6.45) is 2.95. The van der Waals surface area contributed by atoms with Crippen LogP contribution in [0.3, 0.4) is 0 Å². The highest BCUT2D eigenvalue weighted by Gasteiger charge is 2.23. The quantitative estimate of drug-likeness (QED) is 0.860. The van der Waals surface area contributed by atoms with Gasteiger partial charge in [-0.2, -0.15) is 0 Å². The van der Waals surface area contributed by atoms with Crippen LogP contribution in [0.1, 0.15) is 24.8 Å². The molecule has 0 spiro atoms. The Morgan fingerprint density at radius 3 is 3.00 bits per heavy atom. The Kier molecular flexibility index (Phi) is 4.55. The second-order valence-electron chi connectivity index (χ2n) is 4.92. The summed E-state index contributed by atoms with van der Waals surface area (Å²) in [7, 11) is 0. The number of halogens is 1. The number of benzene rings is 1. The van der Waals surface area contributed by atoms with Gasteiger partial charge in [0.2, 0.25) is 0 Å². The number of hydrogen-bond acceptors (Lipinski definition) is 3. The predicted molar refractivity (Wildman–Crippen MR) is 70.9 cm³/mol. The summed E-state index contributed by atoms with van der Waals surface area (Å²) in [5.41, 5.74) is 7.20. The first-order chi connectivity index (χ1) is 8.76. The second kappa shape index (κ2) is 6.16. The van der Waals surface area contributed by atoms with Crippen LogP contribution in [0, 0.1) is 11.7 Å². The first-order valence-electron chi connectivity index (χ1n) is 6.59. The zero-order valence-corrected chi connectivity index (χ0v) is 10.6. The maximum absolute atomic E-state index is 14.0. The molecule has 0 aliphatic carbocycles. The topological polar surface area (TPSA) is 49.5 Å². The molecule has 1 aromatic rings. The fourth-order valence-electron chi connectivity index (χ4n) is 2.77. The van der Waals surface area contributed by atoms with E-state index in [1.54, 1.807) is 6.07 Å². The fraction of sp³-hybridized carbons (Fsp3) is 0.571. The third-order valence-electron chi connectivity index (χ3n) is 3.66. The lowest BCUT2D eigenvalue weighted by Crippen LogP contribution is -2.37. The van der Waals surface area contributed by atoms with Crippen molar-refractivity contribution in [3.63, 3.8) is 0 Å². The molecule has 1 aliphatic rings. The van der Waals surface area contributed by atoms with Gasteiger partial charge < -0.3 is 15.7 Å². The molecular formula is C14H21FN2O. The van der Waals surface area contributed by atoms with Gasteiger partial charge >= 0.3 is 0 Å². The van der Waals surface area contributed by atoms with E-state index in [4.69, 9.17) is 10.8 Å². The van der Waals surface area contributed by atoms with E-state index in [-0.39, 0.29) is 12.4 Å². The van der Waals surface area contributed by atoms with Crippen LogP contribution in [0.4, 0.5) is 10.1 Å². The van der Waals surface area contributed by atoms with Crippen LogP contribution in [0.15, 0.2) is 18.2 Å². The molecule has 4 heteroatoms. The third-order valence-corrected chi connectivity index (χ3v) is 3.66. The van der Waals surface area contributed by atoms with E-state index in [2.05, 4.69) is 4.90 Å². The second-order valence-corrected chi connectivity index (χ2v) is 4.92. The van der Waals surface area contributed by atoms with Crippen molar-refractivity contribution >= 4 is 5.69 Å². The van der Waals surface area contributed by atoms with Crippen molar-refractivity contribution < 1.29 is 9.50 Å². The largest absolute Gasteiger partial charge is 0.396 e. The van der Waals surface area contributed by atoms with Crippen LogP contribution >= 0.6 is 0 Å². The Morgan fingerprint density at radius 2 is 2.28 bits per heavy atom. The van der Waals surface area contributed by atoms with Crippen LogP contribution < -0.4 is 10.6 Å². The zero-order valence-electron chi connectivity index (χ0n) is 10.6. The first kappa shape index (κ1) is 13.3. The molecule has 1 unspecified atom stereocenters. The minimum absolute atomic E-state index is 0.192. The number of hydrogen-bond donors (Lipinski definition) is 2. The van der Waals surface area contributed by atoms with Crippen molar-refractivity contribution in [1.82, 2.24) is 0 Å². The highest BCUT2D eigenvalue weighted by molar-refractivity contribution is 5.55. The lowest BCUT2D eigenvalue weighted by Gasteiger charge is -2.35. The van der Waals surface area contributed by atoms with Crippen LogP contribution in [0.5, 0.6) is 0 Å². The summed E-state index contributed by atoms with van der Waals surface area (Å²) in [6.45, 7) is 2.25. The number of nitrogens with two attached hydrogens (primary N) is 1. The average Bonchev–Trinajstić information content (AvgIpc) is 2.39. The van der Waals surface area contributed by atoms with Gasteiger partial charge in [0.15, 0.2) is 0 Å². The Bertz CT molecular complexity index is 395. The summed E-state index contributed by atoms with van der Waals surface area (Å²) in [4.78, 5) is 2.08. The number of anilines is 1. The van der Waals surface area contributed by atoms with Gasteiger partial charge in [-0.3, -0.25) is 0 Å².